The molecule has 3 aliphatic carbocycles. The van der Waals surface area contributed by atoms with Gasteiger partial charge in [0.1, 0.15) is 17.3 Å². The van der Waals surface area contributed by atoms with Gasteiger partial charge in [0.15, 0.2) is 0 Å². The van der Waals surface area contributed by atoms with E-state index < -0.39 is 0 Å². The van der Waals surface area contributed by atoms with Crippen LogP contribution in [0.4, 0.5) is 0 Å². The zero-order valence-electron chi connectivity index (χ0n) is 16.3. The average molecular weight is 354 g/mol. The van der Waals surface area contributed by atoms with Gasteiger partial charge in [-0.25, -0.2) is 0 Å². The average Bonchev–Trinajstić information content (AvgIpc) is 2.91. The molecule has 26 heavy (non-hydrogen) atoms. The summed E-state index contributed by atoms with van der Waals surface area (Å²) in [6, 6.07) is 6.53. The number of carbonyl (C=O) groups is 2. The molecule has 3 nitrogen and oxygen atoms in total. The van der Waals surface area contributed by atoms with E-state index in [1.54, 1.807) is 14.0 Å². The highest BCUT2D eigenvalue weighted by atomic mass is 16.5. The van der Waals surface area contributed by atoms with Gasteiger partial charge in [0.25, 0.3) is 0 Å². The van der Waals surface area contributed by atoms with E-state index >= 15 is 0 Å². The number of hydrogen-bond acceptors (Lipinski definition) is 3. The van der Waals surface area contributed by atoms with Crippen LogP contribution < -0.4 is 4.74 Å². The van der Waals surface area contributed by atoms with Crippen LogP contribution in [-0.2, 0) is 16.0 Å². The van der Waals surface area contributed by atoms with Crippen molar-refractivity contribution in [2.45, 2.75) is 71.1 Å². The third kappa shape index (κ3) is 2.39. The SMILES string of the molecule is COc1ccc2c(c1)CC[C@@H]1[C@@H]2CC[C@]2(C)C(=O)CC[C@]12CCC(C)=O. The molecule has 0 radical (unpaired) electrons. The Morgan fingerprint density at radius 1 is 1.23 bits per heavy atom. The van der Waals surface area contributed by atoms with Crippen LogP contribution in [0.15, 0.2) is 18.2 Å². The number of Topliss-reactive ketones (excluding diaryl/α,β-unsaturated/α-hetero) is 2. The summed E-state index contributed by atoms with van der Waals surface area (Å²) in [5, 5.41) is 0. The number of ketones is 2. The number of hydrogen-bond donors (Lipinski definition) is 0. The van der Waals surface area contributed by atoms with Gasteiger partial charge in [-0.3, -0.25) is 4.79 Å². The fraction of sp³-hybridized carbons (Fsp3) is 0.652. The first-order chi connectivity index (χ1) is 12.4. The number of rotatable bonds is 4. The molecule has 0 amide bonds. The Hall–Kier alpha value is -1.64. The zero-order chi connectivity index (χ0) is 18.5. The molecule has 4 rings (SSSR count). The van der Waals surface area contributed by atoms with Crippen LogP contribution in [0.1, 0.15) is 75.8 Å². The van der Waals surface area contributed by atoms with E-state index in [-0.39, 0.29) is 16.6 Å². The zero-order valence-corrected chi connectivity index (χ0v) is 16.3. The second kappa shape index (κ2) is 6.21. The molecule has 0 aliphatic heterocycles. The Morgan fingerprint density at radius 2 is 2.04 bits per heavy atom. The van der Waals surface area contributed by atoms with Gasteiger partial charge < -0.3 is 9.53 Å². The number of carbonyl (C=O) groups excluding carboxylic acids is 2. The molecule has 4 atom stereocenters. The topological polar surface area (TPSA) is 43.4 Å². The van der Waals surface area contributed by atoms with Gasteiger partial charge in [-0.15, -0.1) is 0 Å². The number of benzene rings is 1. The standard InChI is InChI=1S/C23H30O3/c1-15(24)8-12-23-13-10-21(25)22(23,2)11-9-19-18-6-5-17(26-3)14-16(18)4-7-20(19)23/h5-6,14,19-20H,4,7-13H2,1-3H3/t19-,20-,22-,23-/m1/s1. The fourth-order valence-electron chi connectivity index (χ4n) is 6.61. The molecule has 0 saturated heterocycles. The molecule has 0 heterocycles. The van der Waals surface area contributed by atoms with Crippen molar-refractivity contribution in [3.05, 3.63) is 29.3 Å². The maximum atomic E-state index is 12.9. The van der Waals surface area contributed by atoms with Crippen LogP contribution in [0.2, 0.25) is 0 Å². The van der Waals surface area contributed by atoms with Crippen LogP contribution in [0, 0.1) is 16.7 Å². The molecule has 1 aromatic carbocycles. The smallest absolute Gasteiger partial charge is 0.139 e. The first-order valence-corrected chi connectivity index (χ1v) is 10.1. The Kier molecular flexibility index (Phi) is 4.24. The van der Waals surface area contributed by atoms with E-state index in [0.29, 0.717) is 30.5 Å². The van der Waals surface area contributed by atoms with Crippen LogP contribution in [0.5, 0.6) is 5.75 Å². The summed E-state index contributed by atoms with van der Waals surface area (Å²) >= 11 is 0. The fourth-order valence-corrected chi connectivity index (χ4v) is 6.61. The van der Waals surface area contributed by atoms with Crippen molar-refractivity contribution >= 4 is 11.6 Å². The summed E-state index contributed by atoms with van der Waals surface area (Å²) in [6.45, 7) is 3.90. The van der Waals surface area contributed by atoms with Crippen molar-refractivity contribution in [3.8, 4) is 5.75 Å². The summed E-state index contributed by atoms with van der Waals surface area (Å²) in [5.74, 6) is 2.68. The Balaban J connectivity index is 1.75. The molecular formula is C23H30O3. The van der Waals surface area contributed by atoms with Crippen molar-refractivity contribution in [1.82, 2.24) is 0 Å². The highest BCUT2D eigenvalue weighted by Gasteiger charge is 2.63. The molecular weight excluding hydrogens is 324 g/mol. The normalized spacial score (nSPS) is 35.4. The summed E-state index contributed by atoms with van der Waals surface area (Å²) in [6.07, 6.45) is 7.42. The van der Waals surface area contributed by atoms with Crippen LogP contribution in [-0.4, -0.2) is 18.7 Å². The van der Waals surface area contributed by atoms with E-state index in [1.165, 1.54) is 11.1 Å². The number of methoxy groups -OCH3 is 1. The minimum Gasteiger partial charge on any atom is -0.497 e. The molecule has 0 unspecified atom stereocenters. The van der Waals surface area contributed by atoms with Gasteiger partial charge in [-0.05, 0) is 86.0 Å². The Labute approximate surface area is 156 Å². The molecule has 0 bridgehead atoms. The lowest BCUT2D eigenvalue weighted by Crippen LogP contribution is -2.51. The minimum atomic E-state index is -0.229. The minimum absolute atomic E-state index is 0.0102. The molecule has 1 aromatic rings. The van der Waals surface area contributed by atoms with Gasteiger partial charge in [-0.1, -0.05) is 13.0 Å². The lowest BCUT2D eigenvalue weighted by molar-refractivity contribution is -0.138. The maximum absolute atomic E-state index is 12.9. The summed E-state index contributed by atoms with van der Waals surface area (Å²) < 4.78 is 5.42. The molecule has 2 fully saturated rings. The highest BCUT2D eigenvalue weighted by molar-refractivity contribution is 5.88. The van der Waals surface area contributed by atoms with E-state index in [2.05, 4.69) is 25.1 Å². The highest BCUT2D eigenvalue weighted by Crippen LogP contribution is 2.68. The molecule has 0 aromatic heterocycles. The van der Waals surface area contributed by atoms with Crippen molar-refractivity contribution in [2.75, 3.05) is 7.11 Å². The van der Waals surface area contributed by atoms with Crippen molar-refractivity contribution < 1.29 is 14.3 Å². The predicted molar refractivity (Wildman–Crippen MR) is 101 cm³/mol. The van der Waals surface area contributed by atoms with Crippen LogP contribution in [0.3, 0.4) is 0 Å². The van der Waals surface area contributed by atoms with E-state index in [9.17, 15) is 9.59 Å². The van der Waals surface area contributed by atoms with E-state index in [1.807, 2.05) is 0 Å². The largest absolute Gasteiger partial charge is 0.497 e. The number of fused-ring (bicyclic) bond motifs is 5. The van der Waals surface area contributed by atoms with E-state index in [4.69, 9.17) is 4.74 Å². The lowest BCUT2D eigenvalue weighted by Gasteiger charge is -2.57. The Morgan fingerprint density at radius 3 is 2.77 bits per heavy atom. The van der Waals surface area contributed by atoms with Crippen LogP contribution in [0.25, 0.3) is 0 Å². The van der Waals surface area contributed by atoms with Gasteiger partial charge in [0, 0.05) is 18.3 Å². The first-order valence-electron chi connectivity index (χ1n) is 10.1. The first kappa shape index (κ1) is 17.8. The predicted octanol–water partition coefficient (Wildman–Crippen LogP) is 4.86. The lowest BCUT2D eigenvalue weighted by atomic mass is 9.46. The monoisotopic (exact) mass is 354 g/mol. The third-order valence-electron chi connectivity index (χ3n) is 8.06. The second-order valence-corrected chi connectivity index (χ2v) is 8.97. The van der Waals surface area contributed by atoms with Gasteiger partial charge in [0.05, 0.1) is 7.11 Å². The molecule has 0 N–H and O–H groups in total. The quantitative estimate of drug-likeness (QED) is 0.775. The molecule has 2 saturated carbocycles. The number of ether oxygens (including phenoxy) is 1. The third-order valence-corrected chi connectivity index (χ3v) is 8.06. The molecule has 3 aliphatic rings. The molecule has 140 valence electrons. The van der Waals surface area contributed by atoms with E-state index in [0.717, 1.165) is 44.3 Å². The number of aryl methyl sites for hydroxylation is 1. The van der Waals surface area contributed by atoms with Gasteiger partial charge >= 0.3 is 0 Å². The summed E-state index contributed by atoms with van der Waals surface area (Å²) in [4.78, 5) is 24.7. The molecule has 0 spiro atoms. The van der Waals surface area contributed by atoms with Gasteiger partial charge in [0.2, 0.25) is 0 Å². The van der Waals surface area contributed by atoms with Crippen molar-refractivity contribution in [1.29, 1.82) is 0 Å². The van der Waals surface area contributed by atoms with Crippen molar-refractivity contribution in [3.63, 3.8) is 0 Å². The second-order valence-electron chi connectivity index (χ2n) is 8.97. The Bertz CT molecular complexity index is 752. The van der Waals surface area contributed by atoms with Crippen LogP contribution >= 0.6 is 0 Å². The maximum Gasteiger partial charge on any atom is 0.139 e. The summed E-state index contributed by atoms with van der Waals surface area (Å²) in [5.41, 5.74) is 2.66. The molecule has 3 heteroatoms. The van der Waals surface area contributed by atoms with Gasteiger partial charge in [-0.2, -0.15) is 0 Å². The van der Waals surface area contributed by atoms with Crippen molar-refractivity contribution in [2.24, 2.45) is 16.7 Å². The summed E-state index contributed by atoms with van der Waals surface area (Å²) in [7, 11) is 1.72.